The molecule has 1 saturated heterocycles. The Kier molecular flexibility index (Phi) is 4.94. The highest BCUT2D eigenvalue weighted by molar-refractivity contribution is 7.09. The minimum absolute atomic E-state index is 0.0149. The minimum atomic E-state index is -0.302. The van der Waals surface area contributed by atoms with E-state index in [0.29, 0.717) is 13.1 Å². The zero-order chi connectivity index (χ0) is 17.1. The van der Waals surface area contributed by atoms with Gasteiger partial charge in [0, 0.05) is 29.7 Å². The number of anilines is 1. The van der Waals surface area contributed by atoms with E-state index in [1.165, 1.54) is 11.3 Å². The number of hydrogen-bond donors (Lipinski definition) is 1. The van der Waals surface area contributed by atoms with E-state index in [1.54, 1.807) is 4.90 Å². The molecule has 0 saturated carbocycles. The van der Waals surface area contributed by atoms with Crippen LogP contribution in [0.5, 0.6) is 0 Å². The molecule has 1 aromatic heterocycles. The van der Waals surface area contributed by atoms with Crippen molar-refractivity contribution in [3.63, 3.8) is 0 Å². The second-order valence-corrected chi connectivity index (χ2v) is 6.93. The summed E-state index contributed by atoms with van der Waals surface area (Å²) in [5.41, 5.74) is 3.02. The molecule has 1 aliphatic rings. The second kappa shape index (κ2) is 7.13. The smallest absolute Gasteiger partial charge is 0.227 e. The number of hydrogen-bond acceptors (Lipinski definition) is 4. The maximum Gasteiger partial charge on any atom is 0.227 e. The Labute approximate surface area is 145 Å². The molecule has 0 spiro atoms. The Morgan fingerprint density at radius 3 is 2.92 bits per heavy atom. The minimum Gasteiger partial charge on any atom is -0.349 e. The number of benzene rings is 1. The molecule has 2 heterocycles. The molecule has 2 aromatic rings. The zero-order valence-electron chi connectivity index (χ0n) is 13.9. The molecule has 0 bridgehead atoms. The predicted octanol–water partition coefficient (Wildman–Crippen LogP) is 2.68. The summed E-state index contributed by atoms with van der Waals surface area (Å²) in [5.74, 6) is -0.364. The molecule has 3 rings (SSSR count). The van der Waals surface area contributed by atoms with Crippen LogP contribution in [0.1, 0.15) is 29.6 Å². The second-order valence-electron chi connectivity index (χ2n) is 5.99. The molecule has 1 fully saturated rings. The molecule has 1 atom stereocenters. The molecule has 0 aliphatic carbocycles. The highest BCUT2D eigenvalue weighted by Gasteiger charge is 2.35. The van der Waals surface area contributed by atoms with Crippen molar-refractivity contribution in [1.29, 1.82) is 0 Å². The monoisotopic (exact) mass is 343 g/mol. The Morgan fingerprint density at radius 2 is 2.21 bits per heavy atom. The Morgan fingerprint density at radius 1 is 1.42 bits per heavy atom. The van der Waals surface area contributed by atoms with Gasteiger partial charge in [-0.2, -0.15) is 0 Å². The predicted molar refractivity (Wildman–Crippen MR) is 95.0 cm³/mol. The van der Waals surface area contributed by atoms with Crippen molar-refractivity contribution in [1.82, 2.24) is 10.3 Å². The summed E-state index contributed by atoms with van der Waals surface area (Å²) < 4.78 is 0. The molecule has 1 N–H and O–H groups in total. The summed E-state index contributed by atoms with van der Waals surface area (Å²) in [6, 6.07) is 7.89. The summed E-state index contributed by atoms with van der Waals surface area (Å²) in [6.07, 6.45) is 1.13. The molecule has 2 amide bonds. The fourth-order valence-corrected chi connectivity index (χ4v) is 3.69. The summed E-state index contributed by atoms with van der Waals surface area (Å²) in [6.45, 7) is 4.87. The van der Waals surface area contributed by atoms with Gasteiger partial charge in [0.25, 0.3) is 0 Å². The van der Waals surface area contributed by atoms with Gasteiger partial charge in [0.15, 0.2) is 0 Å². The van der Waals surface area contributed by atoms with Crippen molar-refractivity contribution in [3.8, 4) is 0 Å². The van der Waals surface area contributed by atoms with Crippen LogP contribution in [-0.4, -0.2) is 23.3 Å². The number of amides is 2. The molecule has 24 heavy (non-hydrogen) atoms. The van der Waals surface area contributed by atoms with Crippen molar-refractivity contribution < 1.29 is 9.59 Å². The molecule has 1 aromatic carbocycles. The maximum atomic E-state index is 12.4. The third-order valence-electron chi connectivity index (χ3n) is 4.24. The van der Waals surface area contributed by atoms with Crippen LogP contribution in [0.15, 0.2) is 29.6 Å². The average Bonchev–Trinajstić information content (AvgIpc) is 3.18. The fraction of sp³-hybridized carbons (Fsp3) is 0.389. The third kappa shape index (κ3) is 3.48. The quantitative estimate of drug-likeness (QED) is 0.908. The molecule has 0 radical (unpaired) electrons. The third-order valence-corrected chi connectivity index (χ3v) is 5.21. The number of carbonyl (C=O) groups excluding carboxylic acids is 2. The SMILES string of the molecule is CCc1ccccc1N1CC(C(=O)NCc2nc(C)cs2)CC1=O. The highest BCUT2D eigenvalue weighted by atomic mass is 32.1. The lowest BCUT2D eigenvalue weighted by Crippen LogP contribution is -2.32. The molecule has 1 aliphatic heterocycles. The van der Waals surface area contributed by atoms with Crippen molar-refractivity contribution in [2.75, 3.05) is 11.4 Å². The van der Waals surface area contributed by atoms with Crippen LogP contribution in [0.3, 0.4) is 0 Å². The fourth-order valence-electron chi connectivity index (χ4n) is 2.98. The van der Waals surface area contributed by atoms with Gasteiger partial charge < -0.3 is 10.2 Å². The van der Waals surface area contributed by atoms with E-state index in [4.69, 9.17) is 0 Å². The number of para-hydroxylation sites is 1. The number of rotatable bonds is 5. The summed E-state index contributed by atoms with van der Waals surface area (Å²) >= 11 is 1.53. The van der Waals surface area contributed by atoms with Crippen LogP contribution in [0, 0.1) is 12.8 Å². The largest absolute Gasteiger partial charge is 0.349 e. The van der Waals surface area contributed by atoms with E-state index in [1.807, 2.05) is 36.6 Å². The maximum absolute atomic E-state index is 12.4. The van der Waals surface area contributed by atoms with E-state index in [-0.39, 0.29) is 24.2 Å². The summed E-state index contributed by atoms with van der Waals surface area (Å²) in [4.78, 5) is 30.8. The molecule has 5 nitrogen and oxygen atoms in total. The lowest BCUT2D eigenvalue weighted by molar-refractivity contribution is -0.126. The van der Waals surface area contributed by atoms with Crippen LogP contribution < -0.4 is 10.2 Å². The average molecular weight is 343 g/mol. The standard InChI is InChI=1S/C18H21N3O2S/c1-3-13-6-4-5-7-15(13)21-10-14(8-17(21)22)18(23)19-9-16-20-12(2)11-24-16/h4-7,11,14H,3,8-10H2,1-2H3,(H,19,23). The van der Waals surface area contributed by atoms with Gasteiger partial charge in [0.05, 0.1) is 12.5 Å². The molecule has 126 valence electrons. The molecular formula is C18H21N3O2S. The van der Waals surface area contributed by atoms with Crippen LogP contribution in [-0.2, 0) is 22.6 Å². The number of aryl methyl sites for hydroxylation is 2. The highest BCUT2D eigenvalue weighted by Crippen LogP contribution is 2.28. The van der Waals surface area contributed by atoms with E-state index < -0.39 is 0 Å². The van der Waals surface area contributed by atoms with Crippen molar-refractivity contribution in [3.05, 3.63) is 45.9 Å². The Hall–Kier alpha value is -2.21. The van der Waals surface area contributed by atoms with Gasteiger partial charge in [-0.3, -0.25) is 9.59 Å². The van der Waals surface area contributed by atoms with Crippen molar-refractivity contribution in [2.45, 2.75) is 33.2 Å². The van der Waals surface area contributed by atoms with E-state index in [9.17, 15) is 9.59 Å². The van der Waals surface area contributed by atoms with Gasteiger partial charge in [-0.05, 0) is 25.0 Å². The Balaban J connectivity index is 1.64. The van der Waals surface area contributed by atoms with E-state index in [0.717, 1.165) is 28.4 Å². The van der Waals surface area contributed by atoms with Gasteiger partial charge in [-0.1, -0.05) is 25.1 Å². The van der Waals surface area contributed by atoms with Gasteiger partial charge in [-0.15, -0.1) is 11.3 Å². The molecule has 1 unspecified atom stereocenters. The number of aromatic nitrogens is 1. The van der Waals surface area contributed by atoms with Gasteiger partial charge in [0.2, 0.25) is 11.8 Å². The van der Waals surface area contributed by atoms with Gasteiger partial charge >= 0.3 is 0 Å². The molecule has 6 heteroatoms. The van der Waals surface area contributed by atoms with Gasteiger partial charge in [-0.25, -0.2) is 4.98 Å². The first kappa shape index (κ1) is 16.6. The lowest BCUT2D eigenvalue weighted by Gasteiger charge is -2.19. The van der Waals surface area contributed by atoms with Gasteiger partial charge in [0.1, 0.15) is 5.01 Å². The summed E-state index contributed by atoms with van der Waals surface area (Å²) in [5, 5.41) is 5.76. The zero-order valence-corrected chi connectivity index (χ0v) is 14.7. The first-order chi connectivity index (χ1) is 11.6. The van der Waals surface area contributed by atoms with Crippen molar-refractivity contribution >= 4 is 28.8 Å². The van der Waals surface area contributed by atoms with Crippen LogP contribution in [0.25, 0.3) is 0 Å². The normalized spacial score (nSPS) is 17.3. The van der Waals surface area contributed by atoms with Crippen LogP contribution >= 0.6 is 11.3 Å². The van der Waals surface area contributed by atoms with E-state index >= 15 is 0 Å². The van der Waals surface area contributed by atoms with Crippen LogP contribution in [0.2, 0.25) is 0 Å². The Bertz CT molecular complexity index is 756. The number of carbonyl (C=O) groups is 2. The van der Waals surface area contributed by atoms with E-state index in [2.05, 4.69) is 17.2 Å². The van der Waals surface area contributed by atoms with Crippen LogP contribution in [0.4, 0.5) is 5.69 Å². The number of nitrogens with zero attached hydrogens (tertiary/aromatic N) is 2. The molecular weight excluding hydrogens is 322 g/mol. The summed E-state index contributed by atoms with van der Waals surface area (Å²) in [7, 11) is 0. The first-order valence-corrected chi connectivity index (χ1v) is 9.03. The lowest BCUT2D eigenvalue weighted by atomic mass is 10.1. The topological polar surface area (TPSA) is 62.3 Å². The number of nitrogens with one attached hydrogen (secondary N) is 1. The number of thiazole rings is 1. The first-order valence-electron chi connectivity index (χ1n) is 8.15. The van der Waals surface area contributed by atoms with Crippen molar-refractivity contribution in [2.24, 2.45) is 5.92 Å².